The van der Waals surface area contributed by atoms with Gasteiger partial charge in [-0.15, -0.1) is 0 Å². The molecule has 2 aromatic rings. The van der Waals surface area contributed by atoms with Gasteiger partial charge in [-0.1, -0.05) is 17.7 Å². The highest BCUT2D eigenvalue weighted by atomic mass is 35.5. The molecule has 12 heteroatoms. The molecule has 33 heavy (non-hydrogen) atoms. The van der Waals surface area contributed by atoms with Crippen molar-refractivity contribution in [3.63, 3.8) is 0 Å². The van der Waals surface area contributed by atoms with Gasteiger partial charge in [0.25, 0.3) is 6.43 Å². The lowest BCUT2D eigenvalue weighted by molar-refractivity contribution is 0.139. The number of aromatic nitrogens is 3. The number of allylic oxidation sites excluding steroid dienone is 5. The molecule has 1 aliphatic carbocycles. The maximum absolute atomic E-state index is 14.6. The summed E-state index contributed by atoms with van der Waals surface area (Å²) >= 11 is 5.84. The van der Waals surface area contributed by atoms with E-state index in [-0.39, 0.29) is 52.8 Å². The molecule has 0 spiro atoms. The van der Waals surface area contributed by atoms with Crippen molar-refractivity contribution in [1.29, 1.82) is 5.26 Å². The topological polar surface area (TPSA) is 89.8 Å². The first-order chi connectivity index (χ1) is 15.8. The SMILES string of the molecule is Cc1nc2c(C#N)c(C(F)F)nn2c(N2CC(O)C2)c1\C=C1/C=CC(Cl)=C(F)/C1=N\C=C\F. The van der Waals surface area contributed by atoms with Crippen LogP contribution in [0, 0.1) is 18.3 Å². The van der Waals surface area contributed by atoms with E-state index in [9.17, 15) is 27.9 Å². The number of aliphatic hydroxyl groups is 1. The predicted octanol–water partition coefficient (Wildman–Crippen LogP) is 4.28. The number of nitriles is 1. The number of hydrogen-bond acceptors (Lipinski definition) is 6. The molecule has 3 heterocycles. The van der Waals surface area contributed by atoms with E-state index in [1.807, 2.05) is 0 Å². The molecule has 0 unspecified atom stereocenters. The number of alkyl halides is 2. The van der Waals surface area contributed by atoms with Gasteiger partial charge in [-0.2, -0.15) is 14.9 Å². The molecule has 7 nitrogen and oxygen atoms in total. The third-order valence-electron chi connectivity index (χ3n) is 5.13. The number of hydrogen-bond donors (Lipinski definition) is 1. The maximum atomic E-state index is 14.6. The molecule has 0 atom stereocenters. The quantitative estimate of drug-likeness (QED) is 0.662. The number of rotatable bonds is 4. The molecule has 0 amide bonds. The largest absolute Gasteiger partial charge is 0.389 e. The lowest BCUT2D eigenvalue weighted by Gasteiger charge is -2.38. The zero-order valence-electron chi connectivity index (χ0n) is 17.0. The minimum Gasteiger partial charge on any atom is -0.389 e. The summed E-state index contributed by atoms with van der Waals surface area (Å²) in [6.07, 6.45) is 1.49. The van der Waals surface area contributed by atoms with Gasteiger partial charge in [0.15, 0.2) is 11.5 Å². The number of anilines is 1. The normalized spacial score (nSPS) is 19.5. The Hall–Kier alpha value is -3.49. The molecule has 2 aromatic heterocycles. The van der Waals surface area contributed by atoms with Crippen molar-refractivity contribution < 1.29 is 22.7 Å². The van der Waals surface area contributed by atoms with Crippen molar-refractivity contribution >= 4 is 34.9 Å². The Morgan fingerprint density at radius 2 is 2.09 bits per heavy atom. The van der Waals surface area contributed by atoms with Gasteiger partial charge in [0, 0.05) is 24.2 Å². The fourth-order valence-electron chi connectivity index (χ4n) is 3.59. The maximum Gasteiger partial charge on any atom is 0.283 e. The van der Waals surface area contributed by atoms with Crippen molar-refractivity contribution in [2.75, 3.05) is 18.0 Å². The Balaban J connectivity index is 2.00. The molecule has 0 radical (unpaired) electrons. The molecule has 0 saturated carbocycles. The highest BCUT2D eigenvalue weighted by Crippen LogP contribution is 2.35. The van der Waals surface area contributed by atoms with Crippen LogP contribution in [0.5, 0.6) is 0 Å². The average molecular weight is 479 g/mol. The summed E-state index contributed by atoms with van der Waals surface area (Å²) < 4.78 is 55.3. The molecule has 1 N–H and O–H groups in total. The van der Waals surface area contributed by atoms with E-state index < -0.39 is 24.1 Å². The van der Waals surface area contributed by atoms with E-state index in [0.717, 1.165) is 10.7 Å². The number of aliphatic imine (C=N–C) groups is 1. The second-order valence-corrected chi connectivity index (χ2v) is 7.66. The average Bonchev–Trinajstić information content (AvgIpc) is 3.12. The zero-order valence-corrected chi connectivity index (χ0v) is 17.7. The van der Waals surface area contributed by atoms with Gasteiger partial charge < -0.3 is 10.0 Å². The first-order valence-electron chi connectivity index (χ1n) is 9.60. The zero-order chi connectivity index (χ0) is 23.9. The highest BCUT2D eigenvalue weighted by Gasteiger charge is 2.32. The number of halogens is 5. The van der Waals surface area contributed by atoms with E-state index in [1.54, 1.807) is 17.9 Å². The fourth-order valence-corrected chi connectivity index (χ4v) is 3.75. The standard InChI is InChI=1S/C21H15ClF4N6O/c1-10-13(6-11-2-3-15(22)16(24)17(11)28-5-4-23)21(31-8-12(33)9-31)32-20(29-10)14(7-27)18(30-32)19(25)26/h2-6,12,19,33H,8-9H2,1H3/b5-4+,11-6+,28-17-. The molecule has 0 aromatic carbocycles. The van der Waals surface area contributed by atoms with E-state index in [4.69, 9.17) is 11.6 Å². The summed E-state index contributed by atoms with van der Waals surface area (Å²) in [7, 11) is 0. The van der Waals surface area contributed by atoms with Gasteiger partial charge in [-0.05, 0) is 19.1 Å². The smallest absolute Gasteiger partial charge is 0.283 e. The van der Waals surface area contributed by atoms with Crippen LogP contribution in [0.4, 0.5) is 23.4 Å². The minimum absolute atomic E-state index is 0.0635. The molecule has 2 aliphatic rings. The second kappa shape index (κ2) is 8.80. The monoisotopic (exact) mass is 478 g/mol. The molecule has 1 saturated heterocycles. The van der Waals surface area contributed by atoms with Gasteiger partial charge in [0.2, 0.25) is 0 Å². The molecule has 170 valence electrons. The van der Waals surface area contributed by atoms with Gasteiger partial charge in [0.05, 0.1) is 23.0 Å². The lowest BCUT2D eigenvalue weighted by atomic mass is 9.99. The first-order valence-corrected chi connectivity index (χ1v) is 9.97. The first kappa shape index (κ1) is 22.7. The number of aryl methyl sites for hydroxylation is 1. The molecule has 0 bridgehead atoms. The summed E-state index contributed by atoms with van der Waals surface area (Å²) in [6.45, 7) is 1.95. The van der Waals surface area contributed by atoms with Crippen LogP contribution in [0.15, 0.2) is 46.1 Å². The van der Waals surface area contributed by atoms with Crippen LogP contribution in [-0.2, 0) is 0 Å². The van der Waals surface area contributed by atoms with E-state index >= 15 is 0 Å². The van der Waals surface area contributed by atoms with Gasteiger partial charge in [-0.25, -0.2) is 22.5 Å². The number of fused-ring (bicyclic) bond motifs is 1. The van der Waals surface area contributed by atoms with Crippen molar-refractivity contribution in [3.8, 4) is 6.07 Å². The molecular weight excluding hydrogens is 464 g/mol. The van der Waals surface area contributed by atoms with Gasteiger partial charge >= 0.3 is 0 Å². The van der Waals surface area contributed by atoms with Crippen LogP contribution in [0.25, 0.3) is 11.7 Å². The van der Waals surface area contributed by atoms with Crippen LogP contribution in [0.1, 0.15) is 28.9 Å². The Morgan fingerprint density at radius 1 is 1.36 bits per heavy atom. The van der Waals surface area contributed by atoms with Crippen LogP contribution >= 0.6 is 11.6 Å². The highest BCUT2D eigenvalue weighted by molar-refractivity contribution is 6.36. The van der Waals surface area contributed by atoms with E-state index in [1.165, 1.54) is 18.2 Å². The van der Waals surface area contributed by atoms with Crippen LogP contribution in [0.2, 0.25) is 0 Å². The number of nitrogens with zero attached hydrogens (tertiary/aromatic N) is 6. The Bertz CT molecular complexity index is 1330. The van der Waals surface area contributed by atoms with Crippen LogP contribution < -0.4 is 4.90 Å². The summed E-state index contributed by atoms with van der Waals surface area (Å²) in [5, 5.41) is 22.9. The summed E-state index contributed by atoms with van der Waals surface area (Å²) in [5.41, 5.74) is -0.469. The molecule has 1 fully saturated rings. The number of β-amino-alcohol motifs (C(OH)–C–C–N with tert-alkyl or cyclic N) is 1. The Labute approximate surface area is 189 Å². The second-order valence-electron chi connectivity index (χ2n) is 7.25. The van der Waals surface area contributed by atoms with Crippen LogP contribution in [0.3, 0.4) is 0 Å². The third-order valence-corrected chi connectivity index (χ3v) is 5.43. The fraction of sp³-hybridized carbons (Fsp3) is 0.238. The van der Waals surface area contributed by atoms with Crippen molar-refractivity contribution in [2.45, 2.75) is 19.5 Å². The predicted molar refractivity (Wildman–Crippen MR) is 114 cm³/mol. The summed E-state index contributed by atoms with van der Waals surface area (Å²) in [4.78, 5) is 9.73. The van der Waals surface area contributed by atoms with Crippen LogP contribution in [-0.4, -0.2) is 44.6 Å². The van der Waals surface area contributed by atoms with Crippen molar-refractivity contribution in [3.05, 3.63) is 63.6 Å². The van der Waals surface area contributed by atoms with Crippen molar-refractivity contribution in [1.82, 2.24) is 14.6 Å². The molecular formula is C21H15ClF4N6O. The van der Waals surface area contributed by atoms with Gasteiger partial charge in [-0.3, -0.25) is 4.99 Å². The van der Waals surface area contributed by atoms with E-state index in [0.29, 0.717) is 11.3 Å². The molecule has 1 aliphatic heterocycles. The summed E-state index contributed by atoms with van der Waals surface area (Å²) in [6, 6.07) is 1.73. The lowest BCUT2D eigenvalue weighted by Crippen LogP contribution is -2.52. The van der Waals surface area contributed by atoms with E-state index in [2.05, 4.69) is 15.1 Å². The minimum atomic E-state index is -3.01. The Kier molecular flexibility index (Phi) is 6.05. The van der Waals surface area contributed by atoms with Crippen molar-refractivity contribution in [2.24, 2.45) is 4.99 Å². The Morgan fingerprint density at radius 3 is 2.70 bits per heavy atom. The molecule has 4 rings (SSSR count). The number of aliphatic hydroxyl groups excluding tert-OH is 1. The third kappa shape index (κ3) is 3.92. The summed E-state index contributed by atoms with van der Waals surface area (Å²) in [5.74, 6) is -0.587. The van der Waals surface area contributed by atoms with Gasteiger partial charge in [0.1, 0.15) is 35.2 Å².